The average molecular weight is 1730 g/mol. The highest BCUT2D eigenvalue weighted by molar-refractivity contribution is 5.74. The molecule has 4 saturated heterocycles. The number of rotatable bonds is 18. The van der Waals surface area contributed by atoms with E-state index < -0.39 is 71.1 Å². The third kappa shape index (κ3) is 30.4. The Morgan fingerprint density at radius 2 is 0.598 bits per heavy atom. The van der Waals surface area contributed by atoms with Crippen LogP contribution in [0.1, 0.15) is 88.5 Å². The van der Waals surface area contributed by atoms with Crippen LogP contribution in [-0.4, -0.2) is 175 Å². The van der Waals surface area contributed by atoms with Gasteiger partial charge >= 0.3 is 36.6 Å². The minimum absolute atomic E-state index is 0. The summed E-state index contributed by atoms with van der Waals surface area (Å²) in [6.45, 7) is 12.5. The molecule has 664 valence electrons. The lowest BCUT2D eigenvalue weighted by atomic mass is 9.98. The number of fused-ring (bicyclic) bond motifs is 4. The molecule has 0 saturated carbocycles. The van der Waals surface area contributed by atoms with Crippen molar-refractivity contribution in [3.8, 4) is 69.0 Å². The molecule has 16 rings (SSSR count). The SMILES string of the molecule is C.C.FC(F)(F)c1ccc(OCC2CCCNC2)cc1.FC(F)(F)c1ccc(OCC2CCCNC2)cc1.FC(F)(F)c1ccc(OC[C@@H]2CCCN(C[C@H]3COc4ccccc4O3)C2)cc1.FC(F)(F)c1ccc(OC[C@H]2CCCN(C[C@H]3COc4ccccc4O3)C2)cc1.O=C(O)[C@@H]1COc2ccccc2O1.O=C(O)[C@H]1COc2ccccc2O1. The molecule has 4 fully saturated rings. The maximum Gasteiger partial charge on any atom is 0.416 e. The van der Waals surface area contributed by atoms with Gasteiger partial charge in [-0.05, 0) is 223 Å². The predicted octanol–water partition coefficient (Wildman–Crippen LogP) is 18.5. The highest BCUT2D eigenvalue weighted by Gasteiger charge is 2.36. The molecule has 0 amide bonds. The van der Waals surface area contributed by atoms with Crippen molar-refractivity contribution in [1.29, 1.82) is 0 Å². The molecular weight excluding hydrogens is 1620 g/mol. The number of carbonyl (C=O) groups is 2. The lowest BCUT2D eigenvalue weighted by Gasteiger charge is -2.36. The second kappa shape index (κ2) is 46.0. The smallest absolute Gasteiger partial charge is 0.416 e. The van der Waals surface area contributed by atoms with Gasteiger partial charge in [-0.2, -0.15) is 52.7 Å². The van der Waals surface area contributed by atoms with Crippen molar-refractivity contribution in [1.82, 2.24) is 20.4 Å². The molecule has 0 aromatic heterocycles. The van der Waals surface area contributed by atoms with Crippen LogP contribution < -0.4 is 67.5 Å². The Balaban J connectivity index is 0.000000170. The molecular formula is C90H104F12N4O16. The van der Waals surface area contributed by atoms with Crippen LogP contribution in [0.25, 0.3) is 0 Å². The van der Waals surface area contributed by atoms with Crippen LogP contribution in [0.4, 0.5) is 52.7 Å². The molecule has 8 atom stereocenters. The molecule has 20 nitrogen and oxygen atoms in total. The summed E-state index contributed by atoms with van der Waals surface area (Å²) >= 11 is 0. The molecule has 0 aliphatic carbocycles. The van der Waals surface area contributed by atoms with Crippen molar-refractivity contribution >= 4 is 11.9 Å². The van der Waals surface area contributed by atoms with E-state index in [9.17, 15) is 62.3 Å². The third-order valence-electron chi connectivity index (χ3n) is 20.3. The number of nitrogens with zero attached hydrogens (tertiary/aromatic N) is 2. The van der Waals surface area contributed by atoms with Crippen molar-refractivity contribution in [2.75, 3.05) is 118 Å². The largest absolute Gasteiger partial charge is 0.493 e. The summed E-state index contributed by atoms with van der Waals surface area (Å²) < 4.78 is 217. The summed E-state index contributed by atoms with van der Waals surface area (Å²) in [6.07, 6.45) is -10.4. The number of alkyl halides is 12. The predicted molar refractivity (Wildman–Crippen MR) is 431 cm³/mol. The first-order chi connectivity index (χ1) is 57.6. The molecule has 32 heteroatoms. The standard InChI is InChI=1S/2C22H24F3NO3.2C13H16F3NO.2C9H8O4.2CH4/c2*23-22(24,25)17-7-9-18(10-8-17)27-14-16-4-3-11-26(12-16)13-19-15-28-20-5-1-2-6-21(20)29-19;2*14-13(15,16)11-3-5-12(6-4-11)18-9-10-2-1-7-17-8-10;2*10-9(11)8-5-12-6-3-1-2-4-7(6)13-8;;/h2*1-2,5-10,16,19H,3-4,11-15H2;2*3-6,10,17H,1-2,7-9H2;2*1-4,8H,5H2,(H,10,11);2*1H4/t16-,19+;16-,19-;;;2*8-;;/m10..10../s1. The van der Waals surface area contributed by atoms with Crippen LogP contribution in [0.3, 0.4) is 0 Å². The summed E-state index contributed by atoms with van der Waals surface area (Å²) in [4.78, 5) is 25.8. The molecule has 0 bridgehead atoms. The number of piperidine rings is 4. The topological polar surface area (TPSA) is 216 Å². The van der Waals surface area contributed by atoms with Gasteiger partial charge in [-0.25, -0.2) is 9.59 Å². The van der Waals surface area contributed by atoms with Gasteiger partial charge in [0, 0.05) is 62.9 Å². The first kappa shape index (κ1) is 95.1. The molecule has 8 aromatic carbocycles. The van der Waals surface area contributed by atoms with E-state index >= 15 is 0 Å². The number of halogens is 12. The van der Waals surface area contributed by atoms with Crippen molar-refractivity contribution in [3.05, 3.63) is 216 Å². The van der Waals surface area contributed by atoms with Crippen LogP contribution in [0.15, 0.2) is 194 Å². The van der Waals surface area contributed by atoms with Crippen molar-refractivity contribution in [2.24, 2.45) is 23.7 Å². The van der Waals surface area contributed by atoms with Gasteiger partial charge in [-0.3, -0.25) is 9.80 Å². The van der Waals surface area contributed by atoms with Crippen LogP contribution in [-0.2, 0) is 34.3 Å². The van der Waals surface area contributed by atoms with E-state index in [-0.39, 0.29) is 40.3 Å². The van der Waals surface area contributed by atoms with Gasteiger partial charge in [-0.15, -0.1) is 0 Å². The van der Waals surface area contributed by atoms with Gasteiger partial charge in [0.25, 0.3) is 0 Å². The lowest BCUT2D eigenvalue weighted by molar-refractivity contribution is -0.148. The number of hydrogen-bond acceptors (Lipinski definition) is 18. The van der Waals surface area contributed by atoms with Gasteiger partial charge in [-0.1, -0.05) is 63.4 Å². The number of hydrogen-bond donors (Lipinski definition) is 4. The highest BCUT2D eigenvalue weighted by atomic mass is 19.4. The first-order valence-corrected chi connectivity index (χ1v) is 39.7. The minimum Gasteiger partial charge on any atom is -0.493 e. The maximum absolute atomic E-state index is 12.6. The molecule has 122 heavy (non-hydrogen) atoms. The van der Waals surface area contributed by atoms with Gasteiger partial charge in [0.05, 0.1) is 48.7 Å². The average Bonchev–Trinajstić information content (AvgIpc) is 0.827. The number of benzene rings is 8. The molecule has 0 spiro atoms. The zero-order chi connectivity index (χ0) is 85.1. The van der Waals surface area contributed by atoms with Crippen LogP contribution in [0, 0.1) is 23.7 Å². The number of nitrogens with one attached hydrogen (secondary N) is 2. The summed E-state index contributed by atoms with van der Waals surface area (Å²) in [7, 11) is 0. The first-order valence-electron chi connectivity index (χ1n) is 39.7. The van der Waals surface area contributed by atoms with Crippen molar-refractivity contribution in [3.63, 3.8) is 0 Å². The number of ether oxygens (including phenoxy) is 12. The number of likely N-dealkylation sites (tertiary alicyclic amines) is 2. The van der Waals surface area contributed by atoms with E-state index in [2.05, 4.69) is 20.4 Å². The van der Waals surface area contributed by atoms with Crippen LogP contribution in [0.5, 0.6) is 69.0 Å². The fourth-order valence-corrected chi connectivity index (χ4v) is 14.0. The molecule has 8 aliphatic rings. The molecule has 8 heterocycles. The Hall–Kier alpha value is -10.7. The zero-order valence-corrected chi connectivity index (χ0v) is 65.5. The lowest BCUT2D eigenvalue weighted by Crippen LogP contribution is -2.45. The van der Waals surface area contributed by atoms with Crippen molar-refractivity contribution < 1.29 is 129 Å². The zero-order valence-electron chi connectivity index (χ0n) is 65.5. The normalized spacial score (nSPS) is 20.9. The summed E-state index contributed by atoms with van der Waals surface area (Å²) in [5.41, 5.74) is -2.61. The van der Waals surface area contributed by atoms with E-state index in [0.29, 0.717) is 109 Å². The molecule has 8 aromatic rings. The van der Waals surface area contributed by atoms with Crippen molar-refractivity contribution in [2.45, 2.75) is 115 Å². The monoisotopic (exact) mass is 1720 g/mol. The number of carboxylic acid groups (broad SMARTS) is 2. The highest BCUT2D eigenvalue weighted by Crippen LogP contribution is 2.39. The van der Waals surface area contributed by atoms with Gasteiger partial charge in [0.2, 0.25) is 12.2 Å². The number of carboxylic acids is 2. The molecule has 0 radical (unpaired) electrons. The number of aliphatic carboxylic acids is 2. The van der Waals surface area contributed by atoms with E-state index in [0.717, 1.165) is 188 Å². The number of para-hydroxylation sites is 8. The summed E-state index contributed by atoms with van der Waals surface area (Å²) in [5, 5.41) is 23.9. The van der Waals surface area contributed by atoms with Crippen LogP contribution >= 0.6 is 0 Å². The van der Waals surface area contributed by atoms with E-state index in [4.69, 9.17) is 67.1 Å². The summed E-state index contributed by atoms with van der Waals surface area (Å²) in [5.74, 6) is 6.77. The summed E-state index contributed by atoms with van der Waals surface area (Å²) in [6, 6.07) is 48.8. The van der Waals surface area contributed by atoms with E-state index in [1.165, 1.54) is 48.5 Å². The maximum atomic E-state index is 12.6. The Labute approximate surface area is 701 Å². The second-order valence-corrected chi connectivity index (χ2v) is 29.7. The molecule has 4 N–H and O–H groups in total. The fraction of sp³-hybridized carbons (Fsp3) is 0.444. The Morgan fingerprint density at radius 1 is 0.344 bits per heavy atom. The fourth-order valence-electron chi connectivity index (χ4n) is 14.0. The van der Waals surface area contributed by atoms with E-state index in [1.54, 1.807) is 36.4 Å². The minimum atomic E-state index is -4.33. The second-order valence-electron chi connectivity index (χ2n) is 29.7. The van der Waals surface area contributed by atoms with Gasteiger partial charge < -0.3 is 77.7 Å². The van der Waals surface area contributed by atoms with Gasteiger partial charge in [0.15, 0.2) is 46.0 Å². The Bertz CT molecular complexity index is 4160. The van der Waals surface area contributed by atoms with Crippen LogP contribution in [0.2, 0.25) is 0 Å². The molecule has 2 unspecified atom stereocenters. The quantitative estimate of drug-likeness (QED) is 0.0588. The Morgan fingerprint density at radius 3 is 0.861 bits per heavy atom. The van der Waals surface area contributed by atoms with Gasteiger partial charge in [0.1, 0.15) is 61.6 Å². The molecule has 8 aliphatic heterocycles. The van der Waals surface area contributed by atoms with E-state index in [1.807, 2.05) is 60.7 Å². The third-order valence-corrected chi connectivity index (χ3v) is 20.3. The Kier molecular flexibility index (Phi) is 35.9.